The Kier molecular flexibility index (Phi) is 2.90. The summed E-state index contributed by atoms with van der Waals surface area (Å²) in [6.45, 7) is 2.81. The van der Waals surface area contributed by atoms with E-state index in [2.05, 4.69) is 36.2 Å². The molecule has 3 nitrogen and oxygen atoms in total. The van der Waals surface area contributed by atoms with E-state index in [9.17, 15) is 0 Å². The molecule has 0 aromatic heterocycles. The van der Waals surface area contributed by atoms with Gasteiger partial charge in [0.25, 0.3) is 6.02 Å². The summed E-state index contributed by atoms with van der Waals surface area (Å²) in [5, 5.41) is 0. The second-order valence-corrected chi connectivity index (χ2v) is 4.01. The lowest BCUT2D eigenvalue weighted by Gasteiger charge is -2.14. The average Bonchev–Trinajstić information content (AvgIpc) is 2.66. The van der Waals surface area contributed by atoms with E-state index < -0.39 is 0 Å². The van der Waals surface area contributed by atoms with Crippen LogP contribution in [0.25, 0.3) is 0 Å². The SMILES string of the molecule is CC(Cc1ccccc1)[C@H]1COC(N)=N1. The summed E-state index contributed by atoms with van der Waals surface area (Å²) in [4.78, 5) is 4.26. The molecular formula is C12H16N2O. The highest BCUT2D eigenvalue weighted by Crippen LogP contribution is 2.17. The van der Waals surface area contributed by atoms with Crippen LogP contribution in [0, 0.1) is 5.92 Å². The van der Waals surface area contributed by atoms with Crippen molar-refractivity contribution in [2.75, 3.05) is 6.61 Å². The van der Waals surface area contributed by atoms with Gasteiger partial charge in [-0.2, -0.15) is 0 Å². The van der Waals surface area contributed by atoms with Gasteiger partial charge in [-0.1, -0.05) is 37.3 Å². The Morgan fingerprint density at radius 2 is 2.20 bits per heavy atom. The van der Waals surface area contributed by atoms with Crippen LogP contribution in [-0.4, -0.2) is 18.7 Å². The third kappa shape index (κ3) is 2.49. The molecule has 2 N–H and O–H groups in total. The maximum absolute atomic E-state index is 5.48. The minimum atomic E-state index is 0.213. The molecule has 0 aliphatic carbocycles. The topological polar surface area (TPSA) is 47.6 Å². The highest BCUT2D eigenvalue weighted by atomic mass is 16.5. The van der Waals surface area contributed by atoms with E-state index in [0.29, 0.717) is 18.5 Å². The van der Waals surface area contributed by atoms with E-state index in [1.807, 2.05) is 6.07 Å². The van der Waals surface area contributed by atoms with Crippen molar-refractivity contribution >= 4 is 6.02 Å². The first kappa shape index (κ1) is 10.0. The fourth-order valence-corrected chi connectivity index (χ4v) is 1.82. The molecule has 1 aromatic carbocycles. The van der Waals surface area contributed by atoms with Crippen LogP contribution < -0.4 is 5.73 Å². The molecular weight excluding hydrogens is 188 g/mol. The van der Waals surface area contributed by atoms with Crippen LogP contribution in [0.3, 0.4) is 0 Å². The van der Waals surface area contributed by atoms with Crippen LogP contribution in [0.4, 0.5) is 0 Å². The van der Waals surface area contributed by atoms with Crippen molar-refractivity contribution in [2.24, 2.45) is 16.6 Å². The van der Waals surface area contributed by atoms with Crippen molar-refractivity contribution in [1.29, 1.82) is 0 Å². The van der Waals surface area contributed by atoms with Crippen molar-refractivity contribution in [2.45, 2.75) is 19.4 Å². The second kappa shape index (κ2) is 4.34. The molecule has 1 aliphatic rings. The molecule has 1 unspecified atom stereocenters. The highest BCUT2D eigenvalue weighted by Gasteiger charge is 2.23. The first-order valence-electron chi connectivity index (χ1n) is 5.25. The van der Waals surface area contributed by atoms with E-state index in [1.54, 1.807) is 0 Å². The number of ether oxygens (including phenoxy) is 1. The average molecular weight is 204 g/mol. The fourth-order valence-electron chi connectivity index (χ4n) is 1.82. The Balaban J connectivity index is 1.96. The number of amidine groups is 1. The number of rotatable bonds is 3. The van der Waals surface area contributed by atoms with Crippen molar-refractivity contribution in [3.05, 3.63) is 35.9 Å². The van der Waals surface area contributed by atoms with Gasteiger partial charge in [0.15, 0.2) is 0 Å². The van der Waals surface area contributed by atoms with Crippen molar-refractivity contribution in [1.82, 2.24) is 0 Å². The lowest BCUT2D eigenvalue weighted by atomic mass is 9.95. The summed E-state index contributed by atoms with van der Waals surface area (Å²) in [5.41, 5.74) is 6.82. The van der Waals surface area contributed by atoms with Crippen LogP contribution in [-0.2, 0) is 11.2 Å². The van der Waals surface area contributed by atoms with Crippen LogP contribution in [0.1, 0.15) is 12.5 Å². The summed E-state index contributed by atoms with van der Waals surface area (Å²) in [6.07, 6.45) is 1.02. The molecule has 2 rings (SSSR count). The van der Waals surface area contributed by atoms with Crippen LogP contribution in [0.15, 0.2) is 35.3 Å². The number of nitrogens with two attached hydrogens (primary N) is 1. The maximum atomic E-state index is 5.48. The van der Waals surface area contributed by atoms with Crippen LogP contribution in [0.5, 0.6) is 0 Å². The molecule has 0 amide bonds. The zero-order chi connectivity index (χ0) is 10.7. The van der Waals surface area contributed by atoms with Gasteiger partial charge in [-0.05, 0) is 17.9 Å². The van der Waals surface area contributed by atoms with Crippen molar-refractivity contribution in [3.63, 3.8) is 0 Å². The van der Waals surface area contributed by atoms with E-state index in [1.165, 1.54) is 5.56 Å². The van der Waals surface area contributed by atoms with Crippen LogP contribution in [0.2, 0.25) is 0 Å². The van der Waals surface area contributed by atoms with Crippen molar-refractivity contribution in [3.8, 4) is 0 Å². The second-order valence-electron chi connectivity index (χ2n) is 4.01. The molecule has 2 atom stereocenters. The van der Waals surface area contributed by atoms with Crippen LogP contribution >= 0.6 is 0 Å². The van der Waals surface area contributed by atoms with Gasteiger partial charge in [0.1, 0.15) is 6.61 Å². The molecule has 15 heavy (non-hydrogen) atoms. The Bertz CT molecular complexity index is 348. The maximum Gasteiger partial charge on any atom is 0.282 e. The molecule has 0 saturated heterocycles. The smallest absolute Gasteiger partial charge is 0.282 e. The fraction of sp³-hybridized carbons (Fsp3) is 0.417. The van der Waals surface area contributed by atoms with Gasteiger partial charge in [0, 0.05) is 0 Å². The van der Waals surface area contributed by atoms with Gasteiger partial charge < -0.3 is 10.5 Å². The van der Waals surface area contributed by atoms with E-state index in [0.717, 1.165) is 6.42 Å². The number of benzene rings is 1. The minimum absolute atomic E-state index is 0.213. The lowest BCUT2D eigenvalue weighted by molar-refractivity contribution is 0.281. The normalized spacial score (nSPS) is 21.9. The minimum Gasteiger partial charge on any atom is -0.463 e. The molecule has 0 fully saturated rings. The Morgan fingerprint density at radius 1 is 1.47 bits per heavy atom. The quantitative estimate of drug-likeness (QED) is 0.812. The van der Waals surface area contributed by atoms with E-state index in [4.69, 9.17) is 10.5 Å². The summed E-state index contributed by atoms with van der Waals surface area (Å²) in [5.74, 6) is 0.466. The summed E-state index contributed by atoms with van der Waals surface area (Å²) in [7, 11) is 0. The van der Waals surface area contributed by atoms with Gasteiger partial charge in [-0.25, -0.2) is 4.99 Å². The Morgan fingerprint density at radius 3 is 2.80 bits per heavy atom. The molecule has 1 aliphatic heterocycles. The number of nitrogens with zero attached hydrogens (tertiary/aromatic N) is 1. The number of hydrogen-bond acceptors (Lipinski definition) is 3. The lowest BCUT2D eigenvalue weighted by Crippen LogP contribution is -2.19. The molecule has 80 valence electrons. The molecule has 3 heteroatoms. The first-order valence-corrected chi connectivity index (χ1v) is 5.25. The summed E-state index contributed by atoms with van der Waals surface area (Å²) < 4.78 is 5.15. The number of hydrogen-bond donors (Lipinski definition) is 1. The van der Waals surface area contributed by atoms with Gasteiger partial charge in [-0.15, -0.1) is 0 Å². The predicted molar refractivity (Wildman–Crippen MR) is 60.7 cm³/mol. The molecule has 1 heterocycles. The molecule has 0 saturated carbocycles. The van der Waals surface area contributed by atoms with Gasteiger partial charge in [0.05, 0.1) is 6.04 Å². The zero-order valence-electron chi connectivity index (χ0n) is 8.89. The summed E-state index contributed by atoms with van der Waals surface area (Å²) >= 11 is 0. The first-order chi connectivity index (χ1) is 7.25. The van der Waals surface area contributed by atoms with Gasteiger partial charge in [-0.3, -0.25) is 0 Å². The number of aliphatic imine (C=N–C) groups is 1. The third-order valence-corrected chi connectivity index (χ3v) is 2.75. The highest BCUT2D eigenvalue weighted by molar-refractivity contribution is 5.73. The Hall–Kier alpha value is -1.51. The van der Waals surface area contributed by atoms with Gasteiger partial charge in [0.2, 0.25) is 0 Å². The third-order valence-electron chi connectivity index (χ3n) is 2.75. The largest absolute Gasteiger partial charge is 0.463 e. The molecule has 0 radical (unpaired) electrons. The predicted octanol–water partition coefficient (Wildman–Crippen LogP) is 1.58. The molecule has 0 spiro atoms. The zero-order valence-corrected chi connectivity index (χ0v) is 8.89. The van der Waals surface area contributed by atoms with Crippen molar-refractivity contribution < 1.29 is 4.74 Å². The van der Waals surface area contributed by atoms with E-state index >= 15 is 0 Å². The molecule has 1 aromatic rings. The monoisotopic (exact) mass is 204 g/mol. The standard InChI is InChI=1S/C12H16N2O/c1-9(11-8-15-12(13)14-11)7-10-5-3-2-4-6-10/h2-6,9,11H,7-8H2,1H3,(H2,13,14)/t9?,11-/m1/s1. The van der Waals surface area contributed by atoms with Gasteiger partial charge >= 0.3 is 0 Å². The Labute approximate surface area is 90.0 Å². The summed E-state index contributed by atoms with van der Waals surface area (Å²) in [6, 6.07) is 11.0. The molecule has 0 bridgehead atoms. The van der Waals surface area contributed by atoms with E-state index in [-0.39, 0.29) is 6.04 Å².